The van der Waals surface area contributed by atoms with Crippen molar-refractivity contribution in [2.24, 2.45) is 5.73 Å². The van der Waals surface area contributed by atoms with Crippen LogP contribution in [0.15, 0.2) is 61.2 Å². The Morgan fingerprint density at radius 1 is 1.20 bits per heavy atom. The minimum absolute atomic E-state index is 0.230. The number of imidazole rings is 1. The van der Waals surface area contributed by atoms with Crippen LogP contribution in [0.1, 0.15) is 45.6 Å². The van der Waals surface area contributed by atoms with Crippen molar-refractivity contribution in [3.05, 3.63) is 89.1 Å². The quantitative estimate of drug-likeness (QED) is 0.450. The zero-order valence-electron chi connectivity index (χ0n) is 19.6. The fourth-order valence-corrected chi connectivity index (χ4v) is 4.31. The van der Waals surface area contributed by atoms with E-state index in [1.165, 1.54) is 11.8 Å². The number of fused-ring (bicyclic) bond motifs is 1. The van der Waals surface area contributed by atoms with Gasteiger partial charge in [0.25, 0.3) is 5.91 Å². The largest absolute Gasteiger partial charge is 0.327 e. The van der Waals surface area contributed by atoms with Crippen LogP contribution in [-0.4, -0.2) is 49.5 Å². The second-order valence-corrected chi connectivity index (χ2v) is 8.88. The topological polar surface area (TPSA) is 101 Å². The van der Waals surface area contributed by atoms with E-state index >= 15 is 0 Å². The Bertz CT molecular complexity index is 1430. The van der Waals surface area contributed by atoms with E-state index in [9.17, 15) is 4.79 Å². The molecule has 176 valence electrons. The van der Waals surface area contributed by atoms with Crippen LogP contribution in [0, 0.1) is 18.8 Å². The maximum atomic E-state index is 12.9. The normalized spacial score (nSPS) is 16.0. The number of aryl methyl sites for hydroxylation is 1. The predicted octanol–water partition coefficient (Wildman–Crippen LogP) is 3.01. The summed E-state index contributed by atoms with van der Waals surface area (Å²) < 4.78 is 1.67. The number of nitrogens with two attached hydrogens (primary N) is 1. The third-order valence-electron chi connectivity index (χ3n) is 6.15. The molecule has 5 rings (SSSR count). The summed E-state index contributed by atoms with van der Waals surface area (Å²) >= 11 is 0. The molecule has 0 radical (unpaired) electrons. The molecule has 0 aliphatic carbocycles. The van der Waals surface area contributed by atoms with Gasteiger partial charge in [0.1, 0.15) is 5.69 Å². The summed E-state index contributed by atoms with van der Waals surface area (Å²) in [5.74, 6) is 5.87. The SMILES string of the molecule is Cc1cc(NC(=O)c2cncc(C#Cc3cnc4cccnn34)c2)ccc1CN1CCC[C@@H](N)C1. The molecular formula is C27H27N7O. The number of piperidine rings is 1. The zero-order chi connectivity index (χ0) is 24.2. The fraction of sp³-hybridized carbons (Fsp3) is 0.259. The predicted molar refractivity (Wildman–Crippen MR) is 135 cm³/mol. The number of carbonyl (C=O) groups excluding carboxylic acids is 1. The third kappa shape index (κ3) is 5.38. The first-order valence-corrected chi connectivity index (χ1v) is 11.7. The van der Waals surface area contributed by atoms with Gasteiger partial charge >= 0.3 is 0 Å². The molecule has 0 bridgehead atoms. The Kier molecular flexibility index (Phi) is 6.53. The molecule has 1 aliphatic heterocycles. The van der Waals surface area contributed by atoms with Crippen LogP contribution in [-0.2, 0) is 6.54 Å². The van der Waals surface area contributed by atoms with Crippen LogP contribution in [0.3, 0.4) is 0 Å². The van der Waals surface area contributed by atoms with Gasteiger partial charge in [0, 0.05) is 49.0 Å². The van der Waals surface area contributed by atoms with Crippen LogP contribution >= 0.6 is 0 Å². The van der Waals surface area contributed by atoms with E-state index in [4.69, 9.17) is 5.73 Å². The van der Waals surface area contributed by atoms with E-state index < -0.39 is 0 Å². The molecule has 3 N–H and O–H groups in total. The first kappa shape index (κ1) is 22.7. The van der Waals surface area contributed by atoms with Crippen molar-refractivity contribution >= 4 is 17.2 Å². The number of amides is 1. The molecule has 35 heavy (non-hydrogen) atoms. The highest BCUT2D eigenvalue weighted by Gasteiger charge is 2.17. The number of aromatic nitrogens is 4. The molecule has 1 atom stereocenters. The Balaban J connectivity index is 1.27. The molecule has 0 spiro atoms. The summed E-state index contributed by atoms with van der Waals surface area (Å²) in [5, 5.41) is 7.23. The maximum Gasteiger partial charge on any atom is 0.257 e. The Hall–Kier alpha value is -4.06. The van der Waals surface area contributed by atoms with Gasteiger partial charge in [-0.3, -0.25) is 14.7 Å². The van der Waals surface area contributed by atoms with Crippen LogP contribution in [0.4, 0.5) is 5.69 Å². The molecule has 8 heteroatoms. The number of hydrogen-bond acceptors (Lipinski definition) is 6. The number of carbonyl (C=O) groups is 1. The van der Waals surface area contributed by atoms with Crippen molar-refractivity contribution in [2.45, 2.75) is 32.4 Å². The molecule has 1 fully saturated rings. The highest BCUT2D eigenvalue weighted by molar-refractivity contribution is 6.04. The van der Waals surface area contributed by atoms with Gasteiger partial charge < -0.3 is 11.1 Å². The second kappa shape index (κ2) is 10.1. The minimum Gasteiger partial charge on any atom is -0.327 e. The van der Waals surface area contributed by atoms with Crippen molar-refractivity contribution in [2.75, 3.05) is 18.4 Å². The number of nitrogens with one attached hydrogen (secondary N) is 1. The number of anilines is 1. The van der Waals surface area contributed by atoms with E-state index in [0.29, 0.717) is 16.8 Å². The number of benzene rings is 1. The molecule has 1 aromatic carbocycles. The second-order valence-electron chi connectivity index (χ2n) is 8.88. The van der Waals surface area contributed by atoms with Gasteiger partial charge in [0.2, 0.25) is 0 Å². The van der Waals surface area contributed by atoms with Crippen molar-refractivity contribution < 1.29 is 4.79 Å². The Morgan fingerprint density at radius 3 is 2.97 bits per heavy atom. The highest BCUT2D eigenvalue weighted by atomic mass is 16.1. The molecule has 0 saturated carbocycles. The van der Waals surface area contributed by atoms with Crippen molar-refractivity contribution in [3.63, 3.8) is 0 Å². The van der Waals surface area contributed by atoms with Gasteiger partial charge in [-0.15, -0.1) is 0 Å². The summed E-state index contributed by atoms with van der Waals surface area (Å²) in [7, 11) is 0. The smallest absolute Gasteiger partial charge is 0.257 e. The average Bonchev–Trinajstić information content (AvgIpc) is 3.28. The van der Waals surface area contributed by atoms with E-state index in [0.717, 1.165) is 49.4 Å². The lowest BCUT2D eigenvalue weighted by molar-refractivity contribution is 0.102. The standard InChI is InChI=1S/C27H27N7O/c1-19-12-24(8-7-21(19)17-33-11-3-4-23(28)18-33)32-27(35)22-13-20(14-29-15-22)6-9-25-16-30-26-5-2-10-31-34(25)26/h2,5,7-8,10,12-16,23H,3-4,11,17-18,28H2,1H3,(H,32,35)/t23-/m1/s1. The number of hydrogen-bond donors (Lipinski definition) is 2. The van der Waals surface area contributed by atoms with Gasteiger partial charge in [-0.05, 0) is 73.7 Å². The molecule has 4 aromatic rings. The first-order chi connectivity index (χ1) is 17.0. The molecule has 1 amide bonds. The maximum absolute atomic E-state index is 12.9. The Morgan fingerprint density at radius 2 is 2.11 bits per heavy atom. The summed E-state index contributed by atoms with van der Waals surface area (Å²) in [6.45, 7) is 4.95. The van der Waals surface area contributed by atoms with Crippen LogP contribution < -0.4 is 11.1 Å². The summed E-state index contributed by atoms with van der Waals surface area (Å²) in [6, 6.07) is 11.7. The summed E-state index contributed by atoms with van der Waals surface area (Å²) in [4.78, 5) is 23.8. The zero-order valence-corrected chi connectivity index (χ0v) is 19.6. The lowest BCUT2D eigenvalue weighted by atomic mass is 10.0. The van der Waals surface area contributed by atoms with Crippen LogP contribution in [0.25, 0.3) is 5.65 Å². The summed E-state index contributed by atoms with van der Waals surface area (Å²) in [6.07, 6.45) is 8.76. The van der Waals surface area contributed by atoms with E-state index in [2.05, 4.69) is 50.1 Å². The van der Waals surface area contributed by atoms with Crippen molar-refractivity contribution in [3.8, 4) is 11.8 Å². The van der Waals surface area contributed by atoms with E-state index in [-0.39, 0.29) is 11.9 Å². The molecule has 3 aromatic heterocycles. The van der Waals surface area contributed by atoms with Gasteiger partial charge in [-0.25, -0.2) is 9.50 Å². The van der Waals surface area contributed by atoms with Crippen molar-refractivity contribution in [1.29, 1.82) is 0 Å². The number of rotatable bonds is 4. The van der Waals surface area contributed by atoms with Crippen LogP contribution in [0.5, 0.6) is 0 Å². The van der Waals surface area contributed by atoms with Gasteiger partial charge in [0.05, 0.1) is 11.8 Å². The molecule has 0 unspecified atom stereocenters. The summed E-state index contributed by atoms with van der Waals surface area (Å²) in [5.41, 5.74) is 11.7. The molecule has 1 saturated heterocycles. The van der Waals surface area contributed by atoms with Gasteiger partial charge in [-0.2, -0.15) is 5.10 Å². The molecule has 8 nitrogen and oxygen atoms in total. The Labute approximate surface area is 204 Å². The number of likely N-dealkylation sites (tertiary alicyclic amines) is 1. The molecular weight excluding hydrogens is 438 g/mol. The van der Waals surface area contributed by atoms with Crippen LogP contribution in [0.2, 0.25) is 0 Å². The average molecular weight is 466 g/mol. The van der Waals surface area contributed by atoms with Gasteiger partial charge in [0.15, 0.2) is 5.65 Å². The lowest BCUT2D eigenvalue weighted by Crippen LogP contribution is -2.42. The lowest BCUT2D eigenvalue weighted by Gasteiger charge is -2.31. The molecule has 4 heterocycles. The number of nitrogens with zero attached hydrogens (tertiary/aromatic N) is 5. The molecule has 1 aliphatic rings. The highest BCUT2D eigenvalue weighted by Crippen LogP contribution is 2.20. The fourth-order valence-electron chi connectivity index (χ4n) is 4.31. The van der Waals surface area contributed by atoms with Crippen molar-refractivity contribution in [1.82, 2.24) is 24.5 Å². The third-order valence-corrected chi connectivity index (χ3v) is 6.15. The first-order valence-electron chi connectivity index (χ1n) is 11.7. The monoisotopic (exact) mass is 465 g/mol. The van der Waals surface area contributed by atoms with E-state index in [1.54, 1.807) is 29.2 Å². The minimum atomic E-state index is -0.230. The van der Waals surface area contributed by atoms with E-state index in [1.807, 2.05) is 24.3 Å². The number of pyridine rings is 1. The van der Waals surface area contributed by atoms with Gasteiger partial charge in [-0.1, -0.05) is 12.0 Å².